The maximum Gasteiger partial charge on any atom is 0.279 e. The minimum atomic E-state index is -3.52. The van der Waals surface area contributed by atoms with Crippen molar-refractivity contribution in [3.05, 3.63) is 29.3 Å². The number of benzene rings is 1. The van der Waals surface area contributed by atoms with Gasteiger partial charge < -0.3 is 5.32 Å². The third kappa shape index (κ3) is 3.85. The normalized spacial score (nSPS) is 18.1. The molecule has 1 amide bonds. The van der Waals surface area contributed by atoms with Gasteiger partial charge in [-0.05, 0) is 30.4 Å². The molecular weight excluding hydrogens is 302 g/mol. The SMILES string of the molecule is CCc1cccc(CC)c1NC(=O)CN1CCCNS1(=O)=O. The Hall–Kier alpha value is -1.44. The fourth-order valence-corrected chi connectivity index (χ4v) is 3.82. The molecule has 0 saturated carbocycles. The molecule has 22 heavy (non-hydrogen) atoms. The molecule has 122 valence electrons. The van der Waals surface area contributed by atoms with Crippen molar-refractivity contribution in [2.75, 3.05) is 25.0 Å². The van der Waals surface area contributed by atoms with Gasteiger partial charge in [0.1, 0.15) is 0 Å². The highest BCUT2D eigenvalue weighted by atomic mass is 32.2. The van der Waals surface area contributed by atoms with Gasteiger partial charge in [-0.1, -0.05) is 32.0 Å². The fraction of sp³-hybridized carbons (Fsp3) is 0.533. The first kappa shape index (κ1) is 16.9. The summed E-state index contributed by atoms with van der Waals surface area (Å²) in [6, 6.07) is 5.94. The first-order chi connectivity index (χ1) is 10.5. The van der Waals surface area contributed by atoms with Crippen LogP contribution in [0.3, 0.4) is 0 Å². The monoisotopic (exact) mass is 325 g/mol. The molecule has 1 aromatic carbocycles. The summed E-state index contributed by atoms with van der Waals surface area (Å²) in [5.41, 5.74) is 2.94. The Balaban J connectivity index is 2.12. The van der Waals surface area contributed by atoms with E-state index in [1.54, 1.807) is 0 Å². The number of nitrogens with one attached hydrogen (secondary N) is 2. The summed E-state index contributed by atoms with van der Waals surface area (Å²) in [5, 5.41) is 2.89. The molecule has 0 unspecified atom stereocenters. The molecule has 7 heteroatoms. The van der Waals surface area contributed by atoms with Crippen LogP contribution >= 0.6 is 0 Å². The van der Waals surface area contributed by atoms with E-state index in [4.69, 9.17) is 0 Å². The van der Waals surface area contributed by atoms with E-state index >= 15 is 0 Å². The molecule has 0 aliphatic carbocycles. The lowest BCUT2D eigenvalue weighted by Gasteiger charge is -2.26. The van der Waals surface area contributed by atoms with E-state index in [-0.39, 0.29) is 12.5 Å². The maximum absolute atomic E-state index is 12.3. The van der Waals surface area contributed by atoms with E-state index < -0.39 is 10.2 Å². The molecular formula is C15H23N3O3S. The Labute approximate surface area is 132 Å². The number of anilines is 1. The second kappa shape index (κ2) is 7.21. The average Bonchev–Trinajstić information content (AvgIpc) is 2.49. The van der Waals surface area contributed by atoms with Gasteiger partial charge in [0.15, 0.2) is 0 Å². The maximum atomic E-state index is 12.3. The summed E-state index contributed by atoms with van der Waals surface area (Å²) in [6.07, 6.45) is 2.33. The van der Waals surface area contributed by atoms with Crippen LogP contribution in [0.15, 0.2) is 18.2 Å². The van der Waals surface area contributed by atoms with Crippen molar-refractivity contribution in [1.29, 1.82) is 0 Å². The topological polar surface area (TPSA) is 78.5 Å². The van der Waals surface area contributed by atoms with Crippen molar-refractivity contribution < 1.29 is 13.2 Å². The van der Waals surface area contributed by atoms with Crippen LogP contribution < -0.4 is 10.0 Å². The van der Waals surface area contributed by atoms with Crippen molar-refractivity contribution in [2.24, 2.45) is 0 Å². The van der Waals surface area contributed by atoms with E-state index in [0.29, 0.717) is 19.5 Å². The molecule has 1 aliphatic heterocycles. The lowest BCUT2D eigenvalue weighted by molar-refractivity contribution is -0.116. The van der Waals surface area contributed by atoms with Crippen molar-refractivity contribution >= 4 is 21.8 Å². The van der Waals surface area contributed by atoms with Crippen molar-refractivity contribution in [3.63, 3.8) is 0 Å². The molecule has 6 nitrogen and oxygen atoms in total. The van der Waals surface area contributed by atoms with Crippen molar-refractivity contribution in [2.45, 2.75) is 33.1 Å². The van der Waals surface area contributed by atoms with Gasteiger partial charge in [0.05, 0.1) is 6.54 Å². The Kier molecular flexibility index (Phi) is 5.55. The summed E-state index contributed by atoms with van der Waals surface area (Å²) in [6.45, 7) is 4.71. The molecule has 2 rings (SSSR count). The molecule has 1 aromatic rings. The Morgan fingerprint density at radius 3 is 2.45 bits per heavy atom. The van der Waals surface area contributed by atoms with Crippen LogP contribution in [0.1, 0.15) is 31.4 Å². The van der Waals surface area contributed by atoms with Gasteiger partial charge in [0, 0.05) is 18.8 Å². The largest absolute Gasteiger partial charge is 0.324 e. The van der Waals surface area contributed by atoms with Gasteiger partial charge in [0.2, 0.25) is 5.91 Å². The number of nitrogens with zero attached hydrogens (tertiary/aromatic N) is 1. The van der Waals surface area contributed by atoms with Crippen LogP contribution in [0.4, 0.5) is 5.69 Å². The van der Waals surface area contributed by atoms with Crippen LogP contribution in [0.2, 0.25) is 0 Å². The zero-order chi connectivity index (χ0) is 16.2. The number of hydrogen-bond acceptors (Lipinski definition) is 3. The standard InChI is InChI=1S/C15H23N3O3S/c1-3-12-7-5-8-13(4-2)15(12)17-14(19)11-18-10-6-9-16-22(18,20)21/h5,7-8,16H,3-4,6,9-11H2,1-2H3,(H,17,19). The van der Waals surface area contributed by atoms with Gasteiger partial charge in [-0.15, -0.1) is 0 Å². The number of hydrogen-bond donors (Lipinski definition) is 2. The van der Waals surface area contributed by atoms with Gasteiger partial charge >= 0.3 is 0 Å². The predicted octanol–water partition coefficient (Wildman–Crippen LogP) is 1.29. The third-order valence-corrected chi connectivity index (χ3v) is 5.35. The molecule has 0 aromatic heterocycles. The molecule has 1 saturated heterocycles. The van der Waals surface area contributed by atoms with E-state index in [2.05, 4.69) is 10.0 Å². The lowest BCUT2D eigenvalue weighted by Crippen LogP contribution is -2.49. The summed E-state index contributed by atoms with van der Waals surface area (Å²) in [5.74, 6) is -0.303. The molecule has 0 bridgehead atoms. The summed E-state index contributed by atoms with van der Waals surface area (Å²) >= 11 is 0. The predicted molar refractivity (Wildman–Crippen MR) is 86.9 cm³/mol. The first-order valence-electron chi connectivity index (χ1n) is 7.63. The minimum Gasteiger partial charge on any atom is -0.324 e. The summed E-state index contributed by atoms with van der Waals surface area (Å²) in [4.78, 5) is 12.3. The molecule has 2 N–H and O–H groups in total. The summed E-state index contributed by atoms with van der Waals surface area (Å²) < 4.78 is 27.3. The molecule has 1 heterocycles. The number of carbonyl (C=O) groups is 1. The van der Waals surface area contributed by atoms with Crippen LogP contribution in [-0.4, -0.2) is 38.3 Å². The number of rotatable bonds is 5. The molecule has 0 radical (unpaired) electrons. The highest BCUT2D eigenvalue weighted by Gasteiger charge is 2.27. The first-order valence-corrected chi connectivity index (χ1v) is 9.07. The molecule has 1 fully saturated rings. The molecule has 0 spiro atoms. The second-order valence-electron chi connectivity index (χ2n) is 5.29. The van der Waals surface area contributed by atoms with Crippen LogP contribution in [0.25, 0.3) is 0 Å². The highest BCUT2D eigenvalue weighted by Crippen LogP contribution is 2.22. The quantitative estimate of drug-likeness (QED) is 0.856. The number of amides is 1. The smallest absolute Gasteiger partial charge is 0.279 e. The van der Waals surface area contributed by atoms with Gasteiger partial charge in [-0.3, -0.25) is 4.79 Å². The van der Waals surface area contributed by atoms with E-state index in [1.807, 2.05) is 32.0 Å². The zero-order valence-corrected chi connectivity index (χ0v) is 13.9. The average molecular weight is 325 g/mol. The highest BCUT2D eigenvalue weighted by molar-refractivity contribution is 7.87. The third-order valence-electron chi connectivity index (χ3n) is 3.79. The Bertz CT molecular complexity index is 621. The van der Waals surface area contributed by atoms with E-state index in [1.165, 1.54) is 4.31 Å². The van der Waals surface area contributed by atoms with Crippen molar-refractivity contribution in [3.8, 4) is 0 Å². The van der Waals surface area contributed by atoms with E-state index in [0.717, 1.165) is 29.7 Å². The van der Waals surface area contributed by atoms with Crippen LogP contribution in [-0.2, 0) is 27.8 Å². The van der Waals surface area contributed by atoms with Crippen LogP contribution in [0.5, 0.6) is 0 Å². The Morgan fingerprint density at radius 2 is 1.91 bits per heavy atom. The number of carbonyl (C=O) groups excluding carboxylic acids is 1. The molecule has 1 aliphatic rings. The van der Waals surface area contributed by atoms with Gasteiger partial charge in [-0.2, -0.15) is 12.7 Å². The second-order valence-corrected chi connectivity index (χ2v) is 7.05. The Morgan fingerprint density at radius 1 is 1.27 bits per heavy atom. The van der Waals surface area contributed by atoms with Crippen LogP contribution in [0, 0.1) is 0 Å². The van der Waals surface area contributed by atoms with E-state index in [9.17, 15) is 13.2 Å². The minimum absolute atomic E-state index is 0.156. The van der Waals surface area contributed by atoms with Gasteiger partial charge in [0.25, 0.3) is 10.2 Å². The number of aryl methyl sites for hydroxylation is 2. The zero-order valence-electron chi connectivity index (χ0n) is 13.1. The molecule has 0 atom stereocenters. The lowest BCUT2D eigenvalue weighted by atomic mass is 10.0. The van der Waals surface area contributed by atoms with Crippen molar-refractivity contribution in [1.82, 2.24) is 9.03 Å². The number of para-hydroxylation sites is 1. The fourth-order valence-electron chi connectivity index (χ4n) is 2.57. The summed E-state index contributed by atoms with van der Waals surface area (Å²) in [7, 11) is -3.52. The van der Waals surface area contributed by atoms with Gasteiger partial charge in [-0.25, -0.2) is 4.72 Å².